The van der Waals surface area contributed by atoms with Crippen molar-refractivity contribution in [2.75, 3.05) is 6.61 Å². The summed E-state index contributed by atoms with van der Waals surface area (Å²) in [7, 11) is 0. The zero-order valence-electron chi connectivity index (χ0n) is 7.12. The summed E-state index contributed by atoms with van der Waals surface area (Å²) < 4.78 is 5.53. The van der Waals surface area contributed by atoms with Crippen LogP contribution in [0.5, 0.6) is 5.75 Å². The molecule has 1 radical (unpaired) electrons. The molecular formula is C11H13O. The van der Waals surface area contributed by atoms with E-state index in [0.29, 0.717) is 5.92 Å². The van der Waals surface area contributed by atoms with Crippen LogP contribution in [-0.4, -0.2) is 6.61 Å². The Morgan fingerprint density at radius 3 is 3.08 bits per heavy atom. The van der Waals surface area contributed by atoms with Gasteiger partial charge in [-0.2, -0.15) is 0 Å². The van der Waals surface area contributed by atoms with E-state index in [1.165, 1.54) is 5.56 Å². The standard InChI is InChI=1S/C11H13O/c1-2-9-7-8-12-11-6-4-3-5-10(9)11/h3-6,9H,1-2,7-8H2. The highest BCUT2D eigenvalue weighted by molar-refractivity contribution is 5.37. The predicted octanol–water partition coefficient (Wildman–Crippen LogP) is 2.78. The fraction of sp³-hybridized carbons (Fsp3) is 0.364. The Labute approximate surface area is 73.4 Å². The van der Waals surface area contributed by atoms with E-state index in [-0.39, 0.29) is 0 Å². The highest BCUT2D eigenvalue weighted by Crippen LogP contribution is 2.34. The molecule has 0 spiro atoms. The van der Waals surface area contributed by atoms with E-state index in [2.05, 4.69) is 19.1 Å². The summed E-state index contributed by atoms with van der Waals surface area (Å²) in [6, 6.07) is 8.27. The molecule has 63 valence electrons. The van der Waals surface area contributed by atoms with Crippen molar-refractivity contribution in [3.05, 3.63) is 36.8 Å². The molecule has 0 aromatic heterocycles. The van der Waals surface area contributed by atoms with Gasteiger partial charge in [0.15, 0.2) is 0 Å². The van der Waals surface area contributed by atoms with E-state index >= 15 is 0 Å². The van der Waals surface area contributed by atoms with Crippen LogP contribution in [0, 0.1) is 6.92 Å². The van der Waals surface area contributed by atoms with Crippen LogP contribution in [0.4, 0.5) is 0 Å². The van der Waals surface area contributed by atoms with Gasteiger partial charge in [0.05, 0.1) is 6.61 Å². The molecule has 0 N–H and O–H groups in total. The summed E-state index contributed by atoms with van der Waals surface area (Å²) in [6.45, 7) is 4.80. The van der Waals surface area contributed by atoms with E-state index in [1.807, 2.05) is 12.1 Å². The van der Waals surface area contributed by atoms with Crippen molar-refractivity contribution in [2.45, 2.75) is 18.8 Å². The lowest BCUT2D eigenvalue weighted by Gasteiger charge is -2.24. The number of rotatable bonds is 1. The van der Waals surface area contributed by atoms with Crippen LogP contribution < -0.4 is 4.74 Å². The van der Waals surface area contributed by atoms with Gasteiger partial charge < -0.3 is 4.74 Å². The minimum atomic E-state index is 0.606. The van der Waals surface area contributed by atoms with Gasteiger partial charge in [0, 0.05) is 0 Å². The van der Waals surface area contributed by atoms with Crippen LogP contribution in [0.1, 0.15) is 24.3 Å². The molecule has 0 fully saturated rings. The van der Waals surface area contributed by atoms with Gasteiger partial charge in [-0.15, -0.1) is 0 Å². The quantitative estimate of drug-likeness (QED) is 0.615. The minimum Gasteiger partial charge on any atom is -0.493 e. The molecule has 0 saturated heterocycles. The highest BCUT2D eigenvalue weighted by Gasteiger charge is 2.18. The molecule has 1 atom stereocenters. The largest absolute Gasteiger partial charge is 0.493 e. The maximum atomic E-state index is 5.53. The lowest BCUT2D eigenvalue weighted by Crippen LogP contribution is -2.13. The zero-order chi connectivity index (χ0) is 8.39. The van der Waals surface area contributed by atoms with E-state index in [9.17, 15) is 0 Å². The van der Waals surface area contributed by atoms with Crippen molar-refractivity contribution in [1.29, 1.82) is 0 Å². The monoisotopic (exact) mass is 161 g/mol. The first kappa shape index (κ1) is 7.66. The minimum absolute atomic E-state index is 0.606. The number of ether oxygens (including phenoxy) is 1. The molecule has 0 saturated carbocycles. The molecule has 12 heavy (non-hydrogen) atoms. The molecule has 0 amide bonds. The first-order valence-electron chi connectivity index (χ1n) is 4.43. The Kier molecular flexibility index (Phi) is 2.03. The van der Waals surface area contributed by atoms with E-state index in [1.54, 1.807) is 0 Å². The van der Waals surface area contributed by atoms with Gasteiger partial charge in [0.25, 0.3) is 0 Å². The van der Waals surface area contributed by atoms with Crippen LogP contribution >= 0.6 is 0 Å². The van der Waals surface area contributed by atoms with Gasteiger partial charge >= 0.3 is 0 Å². The zero-order valence-corrected chi connectivity index (χ0v) is 7.12. The van der Waals surface area contributed by atoms with Gasteiger partial charge in [-0.3, -0.25) is 0 Å². The third-order valence-electron chi connectivity index (χ3n) is 2.43. The third-order valence-corrected chi connectivity index (χ3v) is 2.43. The smallest absolute Gasteiger partial charge is 0.122 e. The Hall–Kier alpha value is -0.980. The second-order valence-corrected chi connectivity index (χ2v) is 3.16. The van der Waals surface area contributed by atoms with Crippen molar-refractivity contribution in [1.82, 2.24) is 0 Å². The Morgan fingerprint density at radius 1 is 1.42 bits per heavy atom. The Bertz CT molecular complexity index is 267. The molecular weight excluding hydrogens is 148 g/mol. The number of para-hydroxylation sites is 1. The molecule has 2 rings (SSSR count). The first-order chi connectivity index (χ1) is 5.92. The highest BCUT2D eigenvalue weighted by atomic mass is 16.5. The van der Waals surface area contributed by atoms with Crippen LogP contribution in [0.3, 0.4) is 0 Å². The summed E-state index contributed by atoms with van der Waals surface area (Å²) in [5, 5.41) is 0. The van der Waals surface area contributed by atoms with Crippen molar-refractivity contribution >= 4 is 0 Å². The van der Waals surface area contributed by atoms with Crippen molar-refractivity contribution < 1.29 is 4.74 Å². The molecule has 1 aliphatic rings. The summed E-state index contributed by atoms with van der Waals surface area (Å²) in [6.07, 6.45) is 2.08. The average Bonchev–Trinajstić information content (AvgIpc) is 2.17. The average molecular weight is 161 g/mol. The van der Waals surface area contributed by atoms with Gasteiger partial charge in [-0.1, -0.05) is 25.1 Å². The molecule has 1 aromatic carbocycles. The van der Waals surface area contributed by atoms with Crippen molar-refractivity contribution in [3.63, 3.8) is 0 Å². The number of benzene rings is 1. The lowest BCUT2D eigenvalue weighted by molar-refractivity contribution is 0.267. The number of hydrogen-bond donors (Lipinski definition) is 0. The topological polar surface area (TPSA) is 9.23 Å². The van der Waals surface area contributed by atoms with Gasteiger partial charge in [0.2, 0.25) is 0 Å². The third kappa shape index (κ3) is 1.20. The summed E-state index contributed by atoms with van der Waals surface area (Å²) in [5.41, 5.74) is 1.33. The van der Waals surface area contributed by atoms with Crippen LogP contribution in [0.2, 0.25) is 0 Å². The van der Waals surface area contributed by atoms with Crippen LogP contribution in [-0.2, 0) is 0 Å². The number of hydrogen-bond acceptors (Lipinski definition) is 1. The molecule has 0 bridgehead atoms. The van der Waals surface area contributed by atoms with Crippen molar-refractivity contribution in [2.24, 2.45) is 0 Å². The molecule has 1 nitrogen and oxygen atoms in total. The molecule has 1 unspecified atom stereocenters. The second-order valence-electron chi connectivity index (χ2n) is 3.16. The Morgan fingerprint density at radius 2 is 2.25 bits per heavy atom. The van der Waals surface area contributed by atoms with E-state index in [4.69, 9.17) is 4.74 Å². The lowest BCUT2D eigenvalue weighted by atomic mass is 9.91. The predicted molar refractivity (Wildman–Crippen MR) is 49.3 cm³/mol. The summed E-state index contributed by atoms with van der Waals surface area (Å²) in [4.78, 5) is 0. The van der Waals surface area contributed by atoms with E-state index in [0.717, 1.165) is 25.2 Å². The van der Waals surface area contributed by atoms with Crippen molar-refractivity contribution in [3.8, 4) is 5.75 Å². The van der Waals surface area contributed by atoms with Gasteiger partial charge in [0.1, 0.15) is 5.75 Å². The first-order valence-corrected chi connectivity index (χ1v) is 4.43. The molecule has 1 aliphatic heterocycles. The molecule has 1 heteroatoms. The van der Waals surface area contributed by atoms with Gasteiger partial charge in [-0.25, -0.2) is 0 Å². The van der Waals surface area contributed by atoms with Crippen LogP contribution in [0.15, 0.2) is 24.3 Å². The fourth-order valence-electron chi connectivity index (χ4n) is 1.72. The second kappa shape index (κ2) is 3.18. The summed E-state index contributed by atoms with van der Waals surface area (Å²) in [5.74, 6) is 1.66. The molecule has 0 aliphatic carbocycles. The maximum absolute atomic E-state index is 5.53. The normalized spacial score (nSPS) is 21.2. The Balaban J connectivity index is 2.37. The molecule has 1 aromatic rings. The SMILES string of the molecule is [CH2]CC1CCOc2ccccc21. The fourth-order valence-corrected chi connectivity index (χ4v) is 1.72. The summed E-state index contributed by atoms with van der Waals surface area (Å²) >= 11 is 0. The van der Waals surface area contributed by atoms with E-state index < -0.39 is 0 Å². The maximum Gasteiger partial charge on any atom is 0.122 e. The molecule has 1 heterocycles. The van der Waals surface area contributed by atoms with Crippen LogP contribution in [0.25, 0.3) is 0 Å². The van der Waals surface area contributed by atoms with Gasteiger partial charge in [-0.05, 0) is 30.4 Å². The number of fused-ring (bicyclic) bond motifs is 1.